The number of anilines is 1. The number of rotatable bonds is 6. The summed E-state index contributed by atoms with van der Waals surface area (Å²) in [4.78, 5) is 20.7. The second-order valence-corrected chi connectivity index (χ2v) is 8.42. The number of methoxy groups -OCH3 is 1. The molecule has 6 nitrogen and oxygen atoms in total. The first-order valence-electron chi connectivity index (χ1n) is 10.4. The van der Waals surface area contributed by atoms with Crippen molar-refractivity contribution < 1.29 is 22.7 Å². The highest BCUT2D eigenvalue weighted by Crippen LogP contribution is 2.32. The Kier molecular flexibility index (Phi) is 6.83. The van der Waals surface area contributed by atoms with Crippen molar-refractivity contribution >= 4 is 23.4 Å². The minimum absolute atomic E-state index is 0.0204. The lowest BCUT2D eigenvalue weighted by atomic mass is 10.1. The van der Waals surface area contributed by atoms with Gasteiger partial charge >= 0.3 is 6.18 Å². The highest BCUT2D eigenvalue weighted by Gasteiger charge is 2.31. The molecule has 1 saturated heterocycles. The topological polar surface area (TPSA) is 50.6 Å². The Morgan fingerprint density at radius 1 is 1.06 bits per heavy atom. The van der Waals surface area contributed by atoms with Crippen molar-refractivity contribution in [3.05, 3.63) is 66.5 Å². The van der Waals surface area contributed by atoms with Crippen LogP contribution in [0.5, 0.6) is 5.75 Å². The monoisotopic (exact) mass is 476 g/mol. The van der Waals surface area contributed by atoms with Gasteiger partial charge in [0.05, 0.1) is 18.4 Å². The summed E-state index contributed by atoms with van der Waals surface area (Å²) < 4.78 is 46.1. The maximum Gasteiger partial charge on any atom is 0.416 e. The second kappa shape index (κ2) is 9.78. The van der Waals surface area contributed by atoms with Gasteiger partial charge in [-0.1, -0.05) is 17.8 Å². The molecule has 3 aromatic rings. The zero-order valence-electron chi connectivity index (χ0n) is 18.0. The predicted molar refractivity (Wildman–Crippen MR) is 121 cm³/mol. The lowest BCUT2D eigenvalue weighted by Gasteiger charge is -2.36. The van der Waals surface area contributed by atoms with E-state index < -0.39 is 11.7 Å². The number of halogens is 3. The number of amides is 1. The van der Waals surface area contributed by atoms with Crippen molar-refractivity contribution in [3.63, 3.8) is 0 Å². The minimum Gasteiger partial charge on any atom is -0.497 e. The summed E-state index contributed by atoms with van der Waals surface area (Å²) in [6.07, 6.45) is -0.851. The lowest BCUT2D eigenvalue weighted by molar-refractivity contribution is -0.137. The van der Waals surface area contributed by atoms with E-state index in [0.29, 0.717) is 37.0 Å². The number of carbonyl (C=O) groups excluding carboxylic acids is 1. The molecule has 0 radical (unpaired) electrons. The molecule has 1 aromatic heterocycles. The van der Waals surface area contributed by atoms with Crippen molar-refractivity contribution in [1.82, 2.24) is 14.5 Å². The van der Waals surface area contributed by atoms with E-state index in [-0.39, 0.29) is 11.7 Å². The molecular weight excluding hydrogens is 453 g/mol. The van der Waals surface area contributed by atoms with Gasteiger partial charge in [0.1, 0.15) is 5.75 Å². The third kappa shape index (κ3) is 5.44. The van der Waals surface area contributed by atoms with Gasteiger partial charge in [0, 0.05) is 49.9 Å². The average Bonchev–Trinajstić information content (AvgIpc) is 3.31. The fourth-order valence-corrected chi connectivity index (χ4v) is 4.52. The first kappa shape index (κ1) is 23.0. The molecule has 0 atom stereocenters. The van der Waals surface area contributed by atoms with E-state index in [1.54, 1.807) is 24.3 Å². The van der Waals surface area contributed by atoms with Crippen molar-refractivity contribution in [2.75, 3.05) is 43.9 Å². The molecule has 2 aromatic carbocycles. The molecule has 0 spiro atoms. The molecule has 0 aliphatic carbocycles. The normalized spacial score (nSPS) is 14.4. The van der Waals surface area contributed by atoms with Crippen molar-refractivity contribution in [2.24, 2.45) is 0 Å². The third-order valence-electron chi connectivity index (χ3n) is 5.45. The molecule has 1 aliphatic rings. The Labute approximate surface area is 194 Å². The average molecular weight is 477 g/mol. The number of imidazole rings is 1. The zero-order valence-corrected chi connectivity index (χ0v) is 18.8. The van der Waals surface area contributed by atoms with Crippen LogP contribution >= 0.6 is 11.8 Å². The molecule has 1 aliphatic heterocycles. The van der Waals surface area contributed by atoms with E-state index in [2.05, 4.69) is 4.98 Å². The summed E-state index contributed by atoms with van der Waals surface area (Å²) in [6.45, 7) is 1.89. The quantitative estimate of drug-likeness (QED) is 0.496. The molecule has 174 valence electrons. The minimum atomic E-state index is -4.37. The molecule has 0 bridgehead atoms. The summed E-state index contributed by atoms with van der Waals surface area (Å²) in [7, 11) is 1.61. The number of hydrogen-bond acceptors (Lipinski definition) is 5. The van der Waals surface area contributed by atoms with E-state index in [9.17, 15) is 18.0 Å². The highest BCUT2D eigenvalue weighted by atomic mass is 32.2. The van der Waals surface area contributed by atoms with Crippen LogP contribution in [0, 0.1) is 0 Å². The maximum absolute atomic E-state index is 13.0. The number of hydrogen-bond donors (Lipinski definition) is 0. The van der Waals surface area contributed by atoms with Crippen molar-refractivity contribution in [3.8, 4) is 11.4 Å². The number of thioether (sulfide) groups is 1. The van der Waals surface area contributed by atoms with Crippen LogP contribution in [0.3, 0.4) is 0 Å². The van der Waals surface area contributed by atoms with Crippen LogP contribution < -0.4 is 9.64 Å². The largest absolute Gasteiger partial charge is 0.497 e. The molecule has 0 saturated carbocycles. The Hall–Kier alpha value is -3.14. The summed E-state index contributed by atoms with van der Waals surface area (Å²) in [5.74, 6) is 0.969. The smallest absolute Gasteiger partial charge is 0.416 e. The van der Waals surface area contributed by atoms with Crippen molar-refractivity contribution in [1.29, 1.82) is 0 Å². The predicted octanol–water partition coefficient (Wildman–Crippen LogP) is 4.34. The Morgan fingerprint density at radius 2 is 1.79 bits per heavy atom. The Balaban J connectivity index is 1.32. The standard InChI is InChI=1S/C23H23F3N4O2S/c1-32-20-7-5-18(6-8-20)30-10-9-27-22(30)33-16-21(31)29-13-11-28(12-14-29)19-4-2-3-17(15-19)23(24,25)26/h2-10,15H,11-14,16H2,1H3. The fraction of sp³-hybridized carbons (Fsp3) is 0.304. The molecule has 0 N–H and O–H groups in total. The number of alkyl halides is 3. The van der Waals surface area contributed by atoms with Crippen LogP contribution in [0.2, 0.25) is 0 Å². The molecule has 2 heterocycles. The number of piperazine rings is 1. The van der Waals surface area contributed by atoms with E-state index in [4.69, 9.17) is 4.74 Å². The number of ether oxygens (including phenoxy) is 1. The summed E-state index contributed by atoms with van der Waals surface area (Å²) in [6, 6.07) is 12.9. The van der Waals surface area contributed by atoms with Gasteiger partial charge in [-0.2, -0.15) is 13.2 Å². The molecule has 1 amide bonds. The second-order valence-electron chi connectivity index (χ2n) is 7.48. The molecule has 1 fully saturated rings. The van der Waals surface area contributed by atoms with E-state index >= 15 is 0 Å². The summed E-state index contributed by atoms with van der Waals surface area (Å²) >= 11 is 1.35. The first-order valence-corrected chi connectivity index (χ1v) is 11.3. The number of benzene rings is 2. The summed E-state index contributed by atoms with van der Waals surface area (Å²) in [5, 5.41) is 0.705. The zero-order chi connectivity index (χ0) is 23.4. The first-order chi connectivity index (χ1) is 15.8. The Bertz CT molecular complexity index is 1090. The number of carbonyl (C=O) groups is 1. The molecule has 4 rings (SSSR count). The van der Waals surface area contributed by atoms with Gasteiger partial charge in [0.15, 0.2) is 5.16 Å². The van der Waals surface area contributed by atoms with Gasteiger partial charge in [0.2, 0.25) is 5.91 Å². The van der Waals surface area contributed by atoms with Gasteiger partial charge in [-0.25, -0.2) is 4.98 Å². The van der Waals surface area contributed by atoms with E-state index in [1.807, 2.05) is 39.9 Å². The van der Waals surface area contributed by atoms with Gasteiger partial charge in [-0.15, -0.1) is 0 Å². The molecule has 0 unspecified atom stereocenters. The van der Waals surface area contributed by atoms with Crippen LogP contribution in [0.4, 0.5) is 18.9 Å². The lowest BCUT2D eigenvalue weighted by Crippen LogP contribution is -2.49. The van der Waals surface area contributed by atoms with Crippen LogP contribution in [-0.2, 0) is 11.0 Å². The van der Waals surface area contributed by atoms with Crippen LogP contribution in [0.25, 0.3) is 5.69 Å². The maximum atomic E-state index is 13.0. The van der Waals surface area contributed by atoms with Gasteiger partial charge in [0.25, 0.3) is 0 Å². The number of nitrogens with zero attached hydrogens (tertiary/aromatic N) is 4. The van der Waals surface area contributed by atoms with Crippen molar-refractivity contribution in [2.45, 2.75) is 11.3 Å². The van der Waals surface area contributed by atoms with Gasteiger partial charge < -0.3 is 14.5 Å². The molecule has 10 heteroatoms. The SMILES string of the molecule is COc1ccc(-n2ccnc2SCC(=O)N2CCN(c3cccc(C(F)(F)F)c3)CC2)cc1. The molecular formula is C23H23F3N4O2S. The Morgan fingerprint density at radius 3 is 2.45 bits per heavy atom. The fourth-order valence-electron chi connectivity index (χ4n) is 3.65. The van der Waals surface area contributed by atoms with Crippen LogP contribution in [0.15, 0.2) is 66.1 Å². The highest BCUT2D eigenvalue weighted by molar-refractivity contribution is 7.99. The van der Waals surface area contributed by atoms with Gasteiger partial charge in [-0.05, 0) is 42.5 Å². The van der Waals surface area contributed by atoms with E-state index in [0.717, 1.165) is 23.6 Å². The summed E-state index contributed by atoms with van der Waals surface area (Å²) in [5.41, 5.74) is 0.771. The van der Waals surface area contributed by atoms with Crippen LogP contribution in [-0.4, -0.2) is 59.4 Å². The van der Waals surface area contributed by atoms with Crippen LogP contribution in [0.1, 0.15) is 5.56 Å². The van der Waals surface area contributed by atoms with E-state index in [1.165, 1.54) is 17.8 Å². The number of aromatic nitrogens is 2. The third-order valence-corrected chi connectivity index (χ3v) is 6.40. The molecule has 33 heavy (non-hydrogen) atoms. The van der Waals surface area contributed by atoms with Gasteiger partial charge in [-0.3, -0.25) is 9.36 Å².